The standard InChI is InChI=1S/C40H72N2O2/c1-3-5-7-9-11-13-15-17-19-21-23-25-27-29-31-35-33-34-37(39(41)43)38(40(42)44)36(35)32-30-28-26-24-22-20-18-16-14-12-10-8-6-4-2/h33-34H,3-32H2,1-2H3,(H2,41,43)(H2,42,44). The molecule has 1 rings (SSSR count). The van der Waals surface area contributed by atoms with Crippen molar-refractivity contribution < 1.29 is 9.59 Å². The second-order valence-corrected chi connectivity index (χ2v) is 13.5. The van der Waals surface area contributed by atoms with Gasteiger partial charge in [0.05, 0.1) is 11.1 Å². The van der Waals surface area contributed by atoms with E-state index in [-0.39, 0.29) is 5.56 Å². The molecule has 0 heterocycles. The van der Waals surface area contributed by atoms with E-state index in [1.54, 1.807) is 6.07 Å². The van der Waals surface area contributed by atoms with Gasteiger partial charge in [-0.05, 0) is 42.9 Å². The van der Waals surface area contributed by atoms with Crippen molar-refractivity contribution in [3.63, 3.8) is 0 Å². The molecule has 0 radical (unpaired) electrons. The van der Waals surface area contributed by atoms with E-state index < -0.39 is 11.8 Å². The Hall–Kier alpha value is -1.84. The zero-order valence-corrected chi connectivity index (χ0v) is 29.3. The number of aryl methyl sites for hydroxylation is 1. The minimum Gasteiger partial charge on any atom is -0.366 e. The predicted molar refractivity (Wildman–Crippen MR) is 192 cm³/mol. The van der Waals surface area contributed by atoms with Crippen molar-refractivity contribution >= 4 is 11.8 Å². The molecule has 0 unspecified atom stereocenters. The van der Waals surface area contributed by atoms with Crippen molar-refractivity contribution in [2.24, 2.45) is 11.5 Å². The largest absolute Gasteiger partial charge is 0.366 e. The fraction of sp³-hybridized carbons (Fsp3) is 0.800. The molecule has 0 fully saturated rings. The average molecular weight is 613 g/mol. The third-order valence-corrected chi connectivity index (χ3v) is 9.50. The first-order valence-electron chi connectivity index (χ1n) is 19.3. The van der Waals surface area contributed by atoms with E-state index in [2.05, 4.69) is 13.8 Å². The molecule has 0 bridgehead atoms. The number of rotatable bonds is 32. The summed E-state index contributed by atoms with van der Waals surface area (Å²) < 4.78 is 0. The molecular formula is C40H72N2O2. The number of benzene rings is 1. The molecule has 1 aromatic rings. The summed E-state index contributed by atoms with van der Waals surface area (Å²) in [6.07, 6.45) is 39.0. The summed E-state index contributed by atoms with van der Waals surface area (Å²) in [6, 6.07) is 3.74. The van der Waals surface area contributed by atoms with Gasteiger partial charge in [0.1, 0.15) is 0 Å². The number of amides is 2. The van der Waals surface area contributed by atoms with Gasteiger partial charge in [0.25, 0.3) is 0 Å². The highest BCUT2D eigenvalue weighted by Gasteiger charge is 2.20. The number of carbonyl (C=O) groups excluding carboxylic acids is 2. The van der Waals surface area contributed by atoms with Crippen molar-refractivity contribution in [3.8, 4) is 0 Å². The Labute approximate surface area is 273 Å². The summed E-state index contributed by atoms with van der Waals surface area (Å²) >= 11 is 0. The van der Waals surface area contributed by atoms with E-state index in [0.717, 1.165) is 37.7 Å². The average Bonchev–Trinajstić information content (AvgIpc) is 3.01. The Bertz CT molecular complexity index is 850. The molecule has 0 aliphatic rings. The normalized spacial score (nSPS) is 11.3. The van der Waals surface area contributed by atoms with Gasteiger partial charge in [-0.15, -0.1) is 0 Å². The molecular weight excluding hydrogens is 540 g/mol. The first kappa shape index (κ1) is 40.2. The quantitative estimate of drug-likeness (QED) is 0.0793. The number of hydrogen-bond acceptors (Lipinski definition) is 2. The van der Waals surface area contributed by atoms with Crippen LogP contribution in [0, 0.1) is 0 Å². The fourth-order valence-corrected chi connectivity index (χ4v) is 6.70. The van der Waals surface area contributed by atoms with E-state index in [9.17, 15) is 9.59 Å². The molecule has 0 atom stereocenters. The zero-order valence-electron chi connectivity index (χ0n) is 29.3. The Balaban J connectivity index is 2.33. The lowest BCUT2D eigenvalue weighted by Crippen LogP contribution is -2.23. The molecule has 4 nitrogen and oxygen atoms in total. The summed E-state index contributed by atoms with van der Waals surface area (Å²) in [6.45, 7) is 4.56. The summed E-state index contributed by atoms with van der Waals surface area (Å²) in [5.41, 5.74) is 14.2. The number of unbranched alkanes of at least 4 members (excludes halogenated alkanes) is 26. The molecule has 0 saturated carbocycles. The van der Waals surface area contributed by atoms with Crippen LogP contribution in [0.2, 0.25) is 0 Å². The van der Waals surface area contributed by atoms with Crippen molar-refractivity contribution in [1.82, 2.24) is 0 Å². The van der Waals surface area contributed by atoms with Gasteiger partial charge in [0.15, 0.2) is 0 Å². The number of carbonyl (C=O) groups is 2. The van der Waals surface area contributed by atoms with E-state index in [1.165, 1.54) is 166 Å². The highest BCUT2D eigenvalue weighted by atomic mass is 16.2. The van der Waals surface area contributed by atoms with Crippen molar-refractivity contribution in [3.05, 3.63) is 34.4 Å². The second-order valence-electron chi connectivity index (χ2n) is 13.5. The van der Waals surface area contributed by atoms with Crippen LogP contribution >= 0.6 is 0 Å². The topological polar surface area (TPSA) is 86.2 Å². The van der Waals surface area contributed by atoms with Crippen LogP contribution < -0.4 is 11.5 Å². The van der Waals surface area contributed by atoms with E-state index in [4.69, 9.17) is 11.5 Å². The summed E-state index contributed by atoms with van der Waals surface area (Å²) in [4.78, 5) is 24.6. The first-order chi connectivity index (χ1) is 21.5. The lowest BCUT2D eigenvalue weighted by atomic mass is 9.89. The summed E-state index contributed by atoms with van der Waals surface area (Å²) in [5.74, 6) is -1.09. The Kier molecular flexibility index (Phi) is 26.1. The molecule has 44 heavy (non-hydrogen) atoms. The summed E-state index contributed by atoms with van der Waals surface area (Å²) in [5, 5.41) is 0. The molecule has 0 aliphatic heterocycles. The molecule has 4 heteroatoms. The van der Waals surface area contributed by atoms with Gasteiger partial charge in [0.2, 0.25) is 11.8 Å². The highest BCUT2D eigenvalue weighted by Crippen LogP contribution is 2.25. The van der Waals surface area contributed by atoms with Crippen molar-refractivity contribution in [2.75, 3.05) is 0 Å². The molecule has 0 spiro atoms. The Morgan fingerprint density at radius 1 is 0.432 bits per heavy atom. The number of primary amides is 2. The van der Waals surface area contributed by atoms with Crippen molar-refractivity contribution in [2.45, 2.75) is 206 Å². The smallest absolute Gasteiger partial charge is 0.249 e. The van der Waals surface area contributed by atoms with Crippen LogP contribution in [0.3, 0.4) is 0 Å². The van der Waals surface area contributed by atoms with E-state index in [1.807, 2.05) is 6.07 Å². The fourth-order valence-electron chi connectivity index (χ4n) is 6.70. The van der Waals surface area contributed by atoms with E-state index >= 15 is 0 Å². The maximum Gasteiger partial charge on any atom is 0.249 e. The molecule has 4 N–H and O–H groups in total. The Morgan fingerprint density at radius 3 is 1.07 bits per heavy atom. The first-order valence-corrected chi connectivity index (χ1v) is 19.3. The highest BCUT2D eigenvalue weighted by molar-refractivity contribution is 6.07. The third kappa shape index (κ3) is 20.2. The molecule has 0 aromatic heterocycles. The van der Waals surface area contributed by atoms with Crippen LogP contribution in [0.25, 0.3) is 0 Å². The van der Waals surface area contributed by atoms with Crippen LogP contribution in [-0.4, -0.2) is 11.8 Å². The van der Waals surface area contributed by atoms with Gasteiger partial charge in [0, 0.05) is 0 Å². The van der Waals surface area contributed by atoms with Crippen LogP contribution in [0.4, 0.5) is 0 Å². The van der Waals surface area contributed by atoms with Gasteiger partial charge >= 0.3 is 0 Å². The number of hydrogen-bond donors (Lipinski definition) is 2. The van der Waals surface area contributed by atoms with Gasteiger partial charge in [-0.3, -0.25) is 9.59 Å². The summed E-state index contributed by atoms with van der Waals surface area (Å²) in [7, 11) is 0. The molecule has 254 valence electrons. The molecule has 1 aromatic carbocycles. The lowest BCUT2D eigenvalue weighted by molar-refractivity contribution is 0.0966. The number of nitrogens with two attached hydrogens (primary N) is 2. The third-order valence-electron chi connectivity index (χ3n) is 9.50. The SMILES string of the molecule is CCCCCCCCCCCCCCCCc1ccc(C(N)=O)c(C(N)=O)c1CCCCCCCCCCCCCCCC. The second kappa shape index (κ2) is 28.6. The lowest BCUT2D eigenvalue weighted by Gasteiger charge is -2.16. The molecule has 0 aliphatic carbocycles. The van der Waals surface area contributed by atoms with Gasteiger partial charge < -0.3 is 11.5 Å². The van der Waals surface area contributed by atoms with Crippen LogP contribution in [-0.2, 0) is 12.8 Å². The van der Waals surface area contributed by atoms with Gasteiger partial charge in [-0.2, -0.15) is 0 Å². The maximum absolute atomic E-state index is 12.5. The van der Waals surface area contributed by atoms with Gasteiger partial charge in [-0.25, -0.2) is 0 Å². The minimum atomic E-state index is -0.566. The van der Waals surface area contributed by atoms with Crippen LogP contribution in [0.15, 0.2) is 12.1 Å². The molecule has 2 amide bonds. The maximum atomic E-state index is 12.5. The van der Waals surface area contributed by atoms with E-state index in [0.29, 0.717) is 5.56 Å². The van der Waals surface area contributed by atoms with Gasteiger partial charge in [-0.1, -0.05) is 187 Å². The monoisotopic (exact) mass is 613 g/mol. The van der Waals surface area contributed by atoms with Crippen molar-refractivity contribution in [1.29, 1.82) is 0 Å². The van der Waals surface area contributed by atoms with Crippen LogP contribution in [0.1, 0.15) is 225 Å². The zero-order chi connectivity index (χ0) is 32.1. The Morgan fingerprint density at radius 2 is 0.750 bits per heavy atom. The minimum absolute atomic E-state index is 0.280. The predicted octanol–water partition coefficient (Wildman–Crippen LogP) is 11.9. The van der Waals surface area contributed by atoms with Crippen LogP contribution in [0.5, 0.6) is 0 Å². The molecule has 0 saturated heterocycles.